The summed E-state index contributed by atoms with van der Waals surface area (Å²) in [6, 6.07) is 8.30. The minimum atomic E-state index is 0.168. The molecule has 5 heteroatoms. The molecule has 0 radical (unpaired) electrons. The Morgan fingerprint density at radius 1 is 1.29 bits per heavy atom. The van der Waals surface area contributed by atoms with Crippen LogP contribution < -0.4 is 14.8 Å². The number of aryl methyl sites for hydroxylation is 1. The number of fused-ring (bicyclic) bond motifs is 1. The molecule has 0 spiro atoms. The average Bonchev–Trinajstić information content (AvgIpc) is 2.91. The monoisotopic (exact) mass is 287 g/mol. The molecular weight excluding hydrogens is 266 g/mol. The summed E-state index contributed by atoms with van der Waals surface area (Å²) < 4.78 is 13.3. The number of benzene rings is 1. The van der Waals surface area contributed by atoms with Crippen molar-refractivity contribution in [2.45, 2.75) is 19.4 Å². The summed E-state index contributed by atoms with van der Waals surface area (Å²) in [6.07, 6.45) is 2.80. The van der Waals surface area contributed by atoms with Gasteiger partial charge in [-0.1, -0.05) is 19.1 Å². The van der Waals surface area contributed by atoms with E-state index in [1.54, 1.807) is 0 Å². The van der Waals surface area contributed by atoms with Gasteiger partial charge in [0, 0.05) is 31.3 Å². The smallest absolute Gasteiger partial charge is 0.166 e. The van der Waals surface area contributed by atoms with Crippen molar-refractivity contribution in [3.05, 3.63) is 41.7 Å². The van der Waals surface area contributed by atoms with Crippen molar-refractivity contribution < 1.29 is 9.47 Å². The molecule has 0 aliphatic carbocycles. The SMILES string of the molecule is CCNC(Cc1ccn(C)n1)c1cccc2c1OCCO2. The third kappa shape index (κ3) is 3.03. The van der Waals surface area contributed by atoms with Crippen LogP contribution >= 0.6 is 0 Å². The van der Waals surface area contributed by atoms with Crippen molar-refractivity contribution in [2.24, 2.45) is 7.05 Å². The highest BCUT2D eigenvalue weighted by Gasteiger charge is 2.22. The molecule has 0 bridgehead atoms. The van der Waals surface area contributed by atoms with Crippen LogP contribution in [0.1, 0.15) is 24.2 Å². The van der Waals surface area contributed by atoms with Crippen LogP contribution in [0.5, 0.6) is 11.5 Å². The summed E-state index contributed by atoms with van der Waals surface area (Å²) in [7, 11) is 1.94. The first-order chi connectivity index (χ1) is 10.3. The number of hydrogen-bond acceptors (Lipinski definition) is 4. The average molecular weight is 287 g/mol. The molecule has 0 saturated carbocycles. The maximum absolute atomic E-state index is 5.83. The van der Waals surface area contributed by atoms with Crippen LogP contribution in [0.4, 0.5) is 0 Å². The van der Waals surface area contributed by atoms with E-state index in [4.69, 9.17) is 9.47 Å². The van der Waals surface area contributed by atoms with Gasteiger partial charge in [0.25, 0.3) is 0 Å². The molecule has 3 rings (SSSR count). The third-order valence-corrected chi connectivity index (χ3v) is 3.60. The van der Waals surface area contributed by atoms with Crippen LogP contribution in [0.25, 0.3) is 0 Å². The predicted octanol–water partition coefficient (Wildman–Crippen LogP) is 2.08. The van der Waals surface area contributed by atoms with Gasteiger partial charge in [0.05, 0.1) is 5.69 Å². The molecule has 1 N–H and O–H groups in total. The van der Waals surface area contributed by atoms with Gasteiger partial charge in [-0.05, 0) is 18.7 Å². The summed E-state index contributed by atoms with van der Waals surface area (Å²) in [5, 5.41) is 8.00. The summed E-state index contributed by atoms with van der Waals surface area (Å²) in [6.45, 7) is 4.22. The molecule has 21 heavy (non-hydrogen) atoms. The number of nitrogens with zero attached hydrogens (tertiary/aromatic N) is 2. The molecule has 0 saturated heterocycles. The molecule has 1 aromatic carbocycles. The van der Waals surface area contributed by atoms with E-state index in [1.165, 1.54) is 0 Å². The lowest BCUT2D eigenvalue weighted by Gasteiger charge is -2.25. The lowest BCUT2D eigenvalue weighted by molar-refractivity contribution is 0.168. The van der Waals surface area contributed by atoms with Crippen molar-refractivity contribution >= 4 is 0 Å². The maximum atomic E-state index is 5.83. The molecule has 2 heterocycles. The van der Waals surface area contributed by atoms with Gasteiger partial charge in [-0.15, -0.1) is 0 Å². The number of para-hydroxylation sites is 1. The van der Waals surface area contributed by atoms with E-state index in [0.29, 0.717) is 13.2 Å². The predicted molar refractivity (Wildman–Crippen MR) is 80.8 cm³/mol. The lowest BCUT2D eigenvalue weighted by atomic mass is 10.00. The third-order valence-electron chi connectivity index (χ3n) is 3.60. The molecule has 112 valence electrons. The van der Waals surface area contributed by atoms with Crippen LogP contribution in [0.2, 0.25) is 0 Å². The summed E-state index contributed by atoms with van der Waals surface area (Å²) in [5.41, 5.74) is 2.21. The maximum Gasteiger partial charge on any atom is 0.166 e. The van der Waals surface area contributed by atoms with E-state index in [-0.39, 0.29) is 6.04 Å². The first-order valence-electron chi connectivity index (χ1n) is 7.38. The second-order valence-corrected chi connectivity index (χ2v) is 5.17. The molecule has 0 fully saturated rings. The lowest BCUT2D eigenvalue weighted by Crippen LogP contribution is -2.25. The van der Waals surface area contributed by atoms with E-state index in [9.17, 15) is 0 Å². The van der Waals surface area contributed by atoms with Gasteiger partial charge < -0.3 is 14.8 Å². The Kier molecular flexibility index (Phi) is 4.10. The zero-order valence-corrected chi connectivity index (χ0v) is 12.5. The molecular formula is C16H21N3O2. The number of ether oxygens (including phenoxy) is 2. The van der Waals surface area contributed by atoms with Gasteiger partial charge in [0.1, 0.15) is 13.2 Å². The van der Waals surface area contributed by atoms with Crippen LogP contribution in [0.15, 0.2) is 30.5 Å². The first-order valence-corrected chi connectivity index (χ1v) is 7.38. The molecule has 1 unspecified atom stereocenters. The van der Waals surface area contributed by atoms with Crippen LogP contribution in [0, 0.1) is 0 Å². The fourth-order valence-electron chi connectivity index (χ4n) is 2.69. The van der Waals surface area contributed by atoms with E-state index in [1.807, 2.05) is 30.1 Å². The number of hydrogen-bond donors (Lipinski definition) is 1. The Bertz CT molecular complexity index is 609. The normalized spacial score (nSPS) is 15.0. The van der Waals surface area contributed by atoms with E-state index < -0.39 is 0 Å². The van der Waals surface area contributed by atoms with Gasteiger partial charge in [-0.25, -0.2) is 0 Å². The Morgan fingerprint density at radius 3 is 2.90 bits per heavy atom. The number of nitrogens with one attached hydrogen (secondary N) is 1. The van der Waals surface area contributed by atoms with Crippen molar-refractivity contribution in [3.63, 3.8) is 0 Å². The van der Waals surface area contributed by atoms with E-state index in [0.717, 1.165) is 35.7 Å². The summed E-state index contributed by atoms with van der Waals surface area (Å²) in [4.78, 5) is 0. The highest BCUT2D eigenvalue weighted by Crippen LogP contribution is 2.37. The Labute approximate surface area is 124 Å². The number of aromatic nitrogens is 2. The zero-order valence-electron chi connectivity index (χ0n) is 12.5. The molecule has 0 amide bonds. The number of likely N-dealkylation sites (N-methyl/N-ethyl adjacent to an activating group) is 1. The van der Waals surface area contributed by atoms with Crippen molar-refractivity contribution in [1.82, 2.24) is 15.1 Å². The Balaban J connectivity index is 1.90. The van der Waals surface area contributed by atoms with Gasteiger partial charge in [-0.3, -0.25) is 4.68 Å². The Morgan fingerprint density at radius 2 is 2.14 bits per heavy atom. The topological polar surface area (TPSA) is 48.3 Å². The highest BCUT2D eigenvalue weighted by atomic mass is 16.6. The minimum absolute atomic E-state index is 0.168. The summed E-state index contributed by atoms with van der Waals surface area (Å²) in [5.74, 6) is 1.70. The van der Waals surface area contributed by atoms with Crippen molar-refractivity contribution in [2.75, 3.05) is 19.8 Å². The molecule has 2 aromatic rings. The molecule has 1 aliphatic heterocycles. The summed E-state index contributed by atoms with van der Waals surface area (Å²) >= 11 is 0. The molecule has 1 aromatic heterocycles. The van der Waals surface area contributed by atoms with Gasteiger partial charge in [-0.2, -0.15) is 5.10 Å². The van der Waals surface area contributed by atoms with Crippen LogP contribution in [-0.2, 0) is 13.5 Å². The quantitative estimate of drug-likeness (QED) is 0.915. The second kappa shape index (κ2) is 6.18. The second-order valence-electron chi connectivity index (χ2n) is 5.17. The molecule has 1 atom stereocenters. The van der Waals surface area contributed by atoms with Gasteiger partial charge in [0.2, 0.25) is 0 Å². The number of rotatable bonds is 5. The minimum Gasteiger partial charge on any atom is -0.486 e. The standard InChI is InChI=1S/C16H21N3O2/c1-3-17-14(11-12-7-8-19(2)18-12)13-5-4-6-15-16(13)21-10-9-20-15/h4-8,14,17H,3,9-11H2,1-2H3. The molecule has 5 nitrogen and oxygen atoms in total. The fraction of sp³-hybridized carbons (Fsp3) is 0.438. The fourth-order valence-corrected chi connectivity index (χ4v) is 2.69. The van der Waals surface area contributed by atoms with E-state index >= 15 is 0 Å². The highest BCUT2D eigenvalue weighted by molar-refractivity contribution is 5.49. The Hall–Kier alpha value is -2.01. The van der Waals surface area contributed by atoms with Crippen LogP contribution in [-0.4, -0.2) is 29.5 Å². The van der Waals surface area contributed by atoms with Crippen molar-refractivity contribution in [1.29, 1.82) is 0 Å². The molecule has 1 aliphatic rings. The van der Waals surface area contributed by atoms with Gasteiger partial charge in [0.15, 0.2) is 11.5 Å². The van der Waals surface area contributed by atoms with Gasteiger partial charge >= 0.3 is 0 Å². The van der Waals surface area contributed by atoms with E-state index in [2.05, 4.69) is 29.5 Å². The van der Waals surface area contributed by atoms with Crippen LogP contribution in [0.3, 0.4) is 0 Å². The van der Waals surface area contributed by atoms with Crippen molar-refractivity contribution in [3.8, 4) is 11.5 Å². The zero-order chi connectivity index (χ0) is 14.7. The first kappa shape index (κ1) is 13.9. The largest absolute Gasteiger partial charge is 0.486 e.